The summed E-state index contributed by atoms with van der Waals surface area (Å²) < 4.78 is 11.3. The first-order valence-corrected chi connectivity index (χ1v) is 12.1. The largest absolute Gasteiger partial charge is 0.504 e. The molecule has 0 aliphatic carbocycles. The maximum absolute atomic E-state index is 13.4. The minimum atomic E-state index is -0.657. The van der Waals surface area contributed by atoms with E-state index in [9.17, 15) is 19.5 Å². The number of nitrogens with one attached hydrogen (secondary N) is 1. The second-order valence-electron chi connectivity index (χ2n) is 9.97. The van der Waals surface area contributed by atoms with Crippen molar-refractivity contribution in [3.63, 3.8) is 0 Å². The Morgan fingerprint density at radius 3 is 2.34 bits per heavy atom. The molecular weight excluding hydrogens is 556 g/mol. The molecule has 2 aromatic carbocycles. The van der Waals surface area contributed by atoms with E-state index in [1.54, 1.807) is 24.0 Å². The van der Waals surface area contributed by atoms with Gasteiger partial charge in [0.25, 0.3) is 5.91 Å². The van der Waals surface area contributed by atoms with Gasteiger partial charge < -0.3 is 30.9 Å². The Bertz CT molecular complexity index is 1260. The number of carbonyl (C=O) groups is 3. The standard InChI is InChI=1S/C27H34N4O6.BrH/c1-5-36-21-11-16-13-31(25(29)17(16)12-18(21)26(30)35)14-20(32)15-9-19(27(2,3)4)24(34)22(10-15)37-8-6-7-23(28)33;/h9-12,29,34H,5-8,13-14H2,1-4H3,(H2,28,33)(H2,30,35);1H. The topological polar surface area (TPSA) is 169 Å². The van der Waals surface area contributed by atoms with Crippen molar-refractivity contribution in [2.75, 3.05) is 19.8 Å². The molecule has 206 valence electrons. The molecule has 3 rings (SSSR count). The molecule has 2 amide bonds. The number of amides is 2. The van der Waals surface area contributed by atoms with Gasteiger partial charge in [-0.2, -0.15) is 0 Å². The van der Waals surface area contributed by atoms with Crippen LogP contribution in [-0.2, 0) is 16.8 Å². The van der Waals surface area contributed by atoms with Crippen LogP contribution in [0.15, 0.2) is 24.3 Å². The first-order valence-electron chi connectivity index (χ1n) is 12.1. The molecular formula is C27H35BrN4O6. The van der Waals surface area contributed by atoms with E-state index in [4.69, 9.17) is 26.4 Å². The zero-order valence-electron chi connectivity index (χ0n) is 22.1. The number of Topliss-reactive ketones (excluding diaryl/α,β-unsaturated/α-hetero) is 1. The molecule has 38 heavy (non-hydrogen) atoms. The van der Waals surface area contributed by atoms with Crippen molar-refractivity contribution < 1.29 is 29.0 Å². The second kappa shape index (κ2) is 12.3. The summed E-state index contributed by atoms with van der Waals surface area (Å²) in [6, 6.07) is 6.33. The van der Waals surface area contributed by atoms with Crippen molar-refractivity contribution in [1.82, 2.24) is 4.90 Å². The van der Waals surface area contributed by atoms with Gasteiger partial charge in [-0.3, -0.25) is 19.8 Å². The van der Waals surface area contributed by atoms with Crippen LogP contribution in [-0.4, -0.2) is 53.2 Å². The monoisotopic (exact) mass is 590 g/mol. The van der Waals surface area contributed by atoms with Crippen molar-refractivity contribution in [3.8, 4) is 17.2 Å². The fraction of sp³-hybridized carbons (Fsp3) is 0.407. The maximum Gasteiger partial charge on any atom is 0.252 e. The first-order chi connectivity index (χ1) is 17.3. The van der Waals surface area contributed by atoms with Crippen LogP contribution in [0.4, 0.5) is 0 Å². The molecule has 1 aliphatic heterocycles. The number of nitrogens with zero attached hydrogens (tertiary/aromatic N) is 1. The number of benzene rings is 2. The number of hydrogen-bond donors (Lipinski definition) is 4. The van der Waals surface area contributed by atoms with Crippen molar-refractivity contribution in [1.29, 1.82) is 5.41 Å². The third-order valence-corrected chi connectivity index (χ3v) is 6.07. The predicted molar refractivity (Wildman–Crippen MR) is 149 cm³/mol. The summed E-state index contributed by atoms with van der Waals surface area (Å²) in [5.74, 6) is -0.842. The Morgan fingerprint density at radius 1 is 1.08 bits per heavy atom. The van der Waals surface area contributed by atoms with Crippen molar-refractivity contribution in [3.05, 3.63) is 52.1 Å². The molecule has 0 aromatic heterocycles. The highest BCUT2D eigenvalue weighted by atomic mass is 79.9. The molecule has 1 aliphatic rings. The van der Waals surface area contributed by atoms with Gasteiger partial charge in [-0.25, -0.2) is 0 Å². The molecule has 0 bridgehead atoms. The number of rotatable bonds is 11. The number of phenols is 1. The van der Waals surface area contributed by atoms with E-state index >= 15 is 0 Å². The smallest absolute Gasteiger partial charge is 0.252 e. The quantitative estimate of drug-likeness (QED) is 0.229. The van der Waals surface area contributed by atoms with Crippen LogP contribution >= 0.6 is 17.0 Å². The summed E-state index contributed by atoms with van der Waals surface area (Å²) in [6.07, 6.45) is 0.518. The Hall–Kier alpha value is -3.60. The van der Waals surface area contributed by atoms with Gasteiger partial charge in [0.2, 0.25) is 5.91 Å². The third-order valence-electron chi connectivity index (χ3n) is 6.07. The number of phenolic OH excluding ortho intramolecular Hbond substituents is 1. The van der Waals surface area contributed by atoms with Crippen LogP contribution < -0.4 is 20.9 Å². The number of fused-ring (bicyclic) bond motifs is 1. The van der Waals surface area contributed by atoms with Crippen LogP contribution in [0.5, 0.6) is 17.2 Å². The number of aromatic hydroxyl groups is 1. The zero-order valence-corrected chi connectivity index (χ0v) is 23.8. The van der Waals surface area contributed by atoms with Crippen molar-refractivity contribution in [2.24, 2.45) is 11.5 Å². The summed E-state index contributed by atoms with van der Waals surface area (Å²) in [4.78, 5) is 37.9. The van der Waals surface area contributed by atoms with Crippen LogP contribution in [0, 0.1) is 5.41 Å². The SMILES string of the molecule is Br.CCOc1cc2c(cc1C(N)=O)C(=N)N(CC(=O)c1cc(OCCCC(N)=O)c(O)c(C(C)(C)C)c1)C2. The summed E-state index contributed by atoms with van der Waals surface area (Å²) >= 11 is 0. The van der Waals surface area contributed by atoms with Crippen molar-refractivity contribution in [2.45, 2.75) is 52.5 Å². The molecule has 0 saturated heterocycles. The molecule has 0 atom stereocenters. The van der Waals surface area contributed by atoms with Gasteiger partial charge in [0.1, 0.15) is 11.6 Å². The number of primary amides is 2. The lowest BCUT2D eigenvalue weighted by Crippen LogP contribution is -2.30. The Balaban J connectivity index is 0.00000507. The molecule has 1 heterocycles. The molecule has 0 radical (unpaired) electrons. The lowest BCUT2D eigenvalue weighted by atomic mass is 9.84. The fourth-order valence-electron chi connectivity index (χ4n) is 4.17. The summed E-state index contributed by atoms with van der Waals surface area (Å²) in [5.41, 5.74) is 12.5. The minimum Gasteiger partial charge on any atom is -0.504 e. The first kappa shape index (κ1) is 30.6. The van der Waals surface area contributed by atoms with Gasteiger partial charge in [-0.05, 0) is 48.6 Å². The van der Waals surface area contributed by atoms with Gasteiger partial charge in [0.15, 0.2) is 17.3 Å². The van der Waals surface area contributed by atoms with Gasteiger partial charge in [-0.15, -0.1) is 17.0 Å². The van der Waals surface area contributed by atoms with Gasteiger partial charge in [-0.1, -0.05) is 20.8 Å². The average Bonchev–Trinajstić information content (AvgIpc) is 3.10. The van der Waals surface area contributed by atoms with Crippen molar-refractivity contribution >= 4 is 40.4 Å². The normalized spacial score (nSPS) is 12.5. The van der Waals surface area contributed by atoms with Crippen LogP contribution in [0.3, 0.4) is 0 Å². The Kier molecular flexibility index (Phi) is 9.91. The minimum absolute atomic E-state index is 0. The molecule has 0 fully saturated rings. The van der Waals surface area contributed by atoms with E-state index < -0.39 is 17.2 Å². The summed E-state index contributed by atoms with van der Waals surface area (Å²) in [6.45, 7) is 8.21. The Labute approximate surface area is 232 Å². The van der Waals surface area contributed by atoms with Gasteiger partial charge in [0.05, 0.1) is 25.3 Å². The van der Waals surface area contributed by atoms with E-state index in [-0.39, 0.29) is 65.2 Å². The number of ketones is 1. The van der Waals surface area contributed by atoms with Crippen LogP contribution in [0.2, 0.25) is 0 Å². The highest BCUT2D eigenvalue weighted by Gasteiger charge is 2.30. The van der Waals surface area contributed by atoms with Gasteiger partial charge >= 0.3 is 0 Å². The van der Waals surface area contributed by atoms with E-state index in [1.807, 2.05) is 20.8 Å². The molecule has 6 N–H and O–H groups in total. The summed E-state index contributed by atoms with van der Waals surface area (Å²) in [7, 11) is 0. The number of hydrogen-bond acceptors (Lipinski definition) is 7. The number of amidine groups is 1. The molecule has 10 nitrogen and oxygen atoms in total. The fourth-order valence-corrected chi connectivity index (χ4v) is 4.17. The number of halogens is 1. The Morgan fingerprint density at radius 2 is 1.76 bits per heavy atom. The maximum atomic E-state index is 13.4. The van der Waals surface area contributed by atoms with E-state index in [2.05, 4.69) is 0 Å². The molecule has 2 aromatic rings. The van der Waals surface area contributed by atoms with Gasteiger partial charge in [0, 0.05) is 29.7 Å². The third kappa shape index (κ3) is 6.83. The number of ether oxygens (including phenoxy) is 2. The number of carbonyl (C=O) groups excluding carboxylic acids is 3. The van der Waals surface area contributed by atoms with Crippen LogP contribution in [0.1, 0.15) is 77.9 Å². The predicted octanol–water partition coefficient (Wildman–Crippen LogP) is 3.43. The second-order valence-corrected chi connectivity index (χ2v) is 9.97. The summed E-state index contributed by atoms with van der Waals surface area (Å²) in [5, 5.41) is 19.4. The lowest BCUT2D eigenvalue weighted by Gasteiger charge is -2.24. The molecule has 0 saturated carbocycles. The molecule has 0 spiro atoms. The van der Waals surface area contributed by atoms with Crippen LogP contribution in [0.25, 0.3) is 0 Å². The highest BCUT2D eigenvalue weighted by molar-refractivity contribution is 8.93. The molecule has 11 heteroatoms. The average molecular weight is 592 g/mol. The van der Waals surface area contributed by atoms with E-state index in [0.717, 1.165) is 5.56 Å². The molecule has 0 unspecified atom stereocenters. The van der Waals surface area contributed by atoms with E-state index in [1.165, 1.54) is 12.1 Å². The highest BCUT2D eigenvalue weighted by Crippen LogP contribution is 2.39. The van der Waals surface area contributed by atoms with E-state index in [0.29, 0.717) is 42.0 Å². The number of nitrogens with two attached hydrogens (primary N) is 2. The zero-order chi connectivity index (χ0) is 27.5. The lowest BCUT2D eigenvalue weighted by molar-refractivity contribution is -0.118.